The summed E-state index contributed by atoms with van der Waals surface area (Å²) in [6.07, 6.45) is 3.12. The Morgan fingerprint density at radius 1 is 1.20 bits per heavy atom. The van der Waals surface area contributed by atoms with Crippen LogP contribution in [-0.2, 0) is 9.53 Å². The van der Waals surface area contributed by atoms with Crippen LogP contribution in [0.3, 0.4) is 0 Å². The third-order valence-corrected chi connectivity index (χ3v) is 5.00. The van der Waals surface area contributed by atoms with E-state index in [2.05, 4.69) is 0 Å². The highest BCUT2D eigenvalue weighted by atomic mass is 16.6. The monoisotopic (exact) mass is 271 g/mol. The topological polar surface area (TPSA) is 46.6 Å². The quantitative estimate of drug-likeness (QED) is 0.830. The number of rotatable bonds is 2. The fraction of sp³-hybridized carbons (Fsp3) is 0.500. The van der Waals surface area contributed by atoms with Crippen molar-refractivity contribution < 1.29 is 14.3 Å². The number of hydrogen-bond donors (Lipinski definition) is 0. The van der Waals surface area contributed by atoms with E-state index in [1.165, 1.54) is 0 Å². The average molecular weight is 271 g/mol. The summed E-state index contributed by atoms with van der Waals surface area (Å²) >= 11 is 0. The Balaban J connectivity index is 1.72. The third-order valence-electron chi connectivity index (χ3n) is 5.00. The summed E-state index contributed by atoms with van der Waals surface area (Å²) in [5, 5.41) is 0. The zero-order chi connectivity index (χ0) is 13.7. The van der Waals surface area contributed by atoms with Gasteiger partial charge < -0.3 is 4.74 Å². The van der Waals surface area contributed by atoms with Gasteiger partial charge in [0.15, 0.2) is 5.78 Å². The maximum absolute atomic E-state index is 12.4. The Kier molecular flexibility index (Phi) is 2.43. The van der Waals surface area contributed by atoms with Crippen molar-refractivity contribution in [1.82, 2.24) is 4.90 Å². The van der Waals surface area contributed by atoms with E-state index >= 15 is 0 Å². The van der Waals surface area contributed by atoms with E-state index < -0.39 is 5.54 Å². The maximum atomic E-state index is 12.4. The Labute approximate surface area is 117 Å². The lowest BCUT2D eigenvalue weighted by Gasteiger charge is -2.33. The van der Waals surface area contributed by atoms with Crippen molar-refractivity contribution in [2.45, 2.75) is 37.3 Å². The zero-order valence-corrected chi connectivity index (χ0v) is 11.2. The van der Waals surface area contributed by atoms with Gasteiger partial charge in [-0.25, -0.2) is 4.79 Å². The average Bonchev–Trinajstić information content (AvgIpc) is 3.09. The number of nitrogens with zero attached hydrogens (tertiary/aromatic N) is 1. The van der Waals surface area contributed by atoms with Crippen molar-refractivity contribution in [2.24, 2.45) is 5.92 Å². The lowest BCUT2D eigenvalue weighted by atomic mass is 9.91. The lowest BCUT2D eigenvalue weighted by Crippen LogP contribution is -2.48. The number of amides is 1. The minimum absolute atomic E-state index is 0.115. The number of cyclic esters (lactones) is 1. The fourth-order valence-electron chi connectivity index (χ4n) is 3.94. The first-order chi connectivity index (χ1) is 9.73. The van der Waals surface area contributed by atoms with Crippen LogP contribution in [0, 0.1) is 5.92 Å². The first kappa shape index (κ1) is 11.9. The van der Waals surface area contributed by atoms with E-state index in [4.69, 9.17) is 4.74 Å². The van der Waals surface area contributed by atoms with Gasteiger partial charge in [-0.3, -0.25) is 9.69 Å². The molecule has 0 radical (unpaired) electrons. The van der Waals surface area contributed by atoms with Crippen LogP contribution in [0.25, 0.3) is 0 Å². The number of ketones is 1. The molecule has 4 heteroatoms. The normalized spacial score (nSPS) is 35.7. The standard InChI is InChI=1S/C16H17NO3/c18-14-8-4-7-12-9-16(12,14)17-13(10-20-15(17)19)11-5-2-1-3-6-11/h1-3,5-6,12-13H,4,7-10H2/t12-,13+,16-/m1/s1. The van der Waals surface area contributed by atoms with Crippen LogP contribution in [0.15, 0.2) is 30.3 Å². The summed E-state index contributed by atoms with van der Waals surface area (Å²) in [6.45, 7) is 0.352. The Bertz CT molecular complexity index is 570. The van der Waals surface area contributed by atoms with E-state index in [0.717, 1.165) is 24.8 Å². The largest absolute Gasteiger partial charge is 0.447 e. The summed E-state index contributed by atoms with van der Waals surface area (Å²) in [5.74, 6) is 0.578. The molecule has 20 heavy (non-hydrogen) atoms. The molecule has 1 amide bonds. The highest BCUT2D eigenvalue weighted by molar-refractivity contribution is 5.96. The third kappa shape index (κ3) is 1.48. The second kappa shape index (κ2) is 4.08. The number of Topliss-reactive ketones (excluding diaryl/α,β-unsaturated/α-hetero) is 1. The van der Waals surface area contributed by atoms with Crippen LogP contribution in [0.5, 0.6) is 0 Å². The van der Waals surface area contributed by atoms with Gasteiger partial charge in [0.2, 0.25) is 0 Å². The molecule has 3 atom stereocenters. The van der Waals surface area contributed by atoms with Gasteiger partial charge in [0, 0.05) is 6.42 Å². The van der Waals surface area contributed by atoms with Gasteiger partial charge in [-0.1, -0.05) is 30.3 Å². The number of ether oxygens (including phenoxy) is 1. The predicted octanol–water partition coefficient (Wildman–Crippen LogP) is 2.69. The van der Waals surface area contributed by atoms with Crippen molar-refractivity contribution >= 4 is 11.9 Å². The Hall–Kier alpha value is -1.84. The molecule has 2 saturated carbocycles. The number of carbonyl (C=O) groups is 2. The first-order valence-electron chi connectivity index (χ1n) is 7.28. The summed E-state index contributed by atoms with van der Waals surface area (Å²) < 4.78 is 5.26. The molecule has 104 valence electrons. The molecular weight excluding hydrogens is 254 g/mol. The number of fused-ring (bicyclic) bond motifs is 1. The van der Waals surface area contributed by atoms with Crippen LogP contribution < -0.4 is 0 Å². The van der Waals surface area contributed by atoms with E-state index in [0.29, 0.717) is 18.9 Å². The number of benzene rings is 1. The van der Waals surface area contributed by atoms with Crippen LogP contribution in [-0.4, -0.2) is 28.9 Å². The van der Waals surface area contributed by atoms with Crippen molar-refractivity contribution in [3.05, 3.63) is 35.9 Å². The molecule has 0 N–H and O–H groups in total. The highest BCUT2D eigenvalue weighted by Crippen LogP contribution is 2.58. The second-order valence-corrected chi connectivity index (χ2v) is 6.01. The molecule has 0 bridgehead atoms. The van der Waals surface area contributed by atoms with Gasteiger partial charge in [0.1, 0.15) is 12.1 Å². The Morgan fingerprint density at radius 2 is 2.00 bits per heavy atom. The van der Waals surface area contributed by atoms with Crippen LogP contribution in [0.4, 0.5) is 4.79 Å². The first-order valence-corrected chi connectivity index (χ1v) is 7.28. The summed E-state index contributed by atoms with van der Waals surface area (Å²) in [4.78, 5) is 26.3. The molecule has 0 spiro atoms. The van der Waals surface area contributed by atoms with E-state index in [1.807, 2.05) is 30.3 Å². The van der Waals surface area contributed by atoms with Crippen LogP contribution >= 0.6 is 0 Å². The molecule has 4 nitrogen and oxygen atoms in total. The molecule has 0 aromatic heterocycles. The van der Waals surface area contributed by atoms with Crippen LogP contribution in [0.2, 0.25) is 0 Å². The minimum Gasteiger partial charge on any atom is -0.447 e. The van der Waals surface area contributed by atoms with Gasteiger partial charge in [0.25, 0.3) is 0 Å². The molecule has 0 unspecified atom stereocenters. The number of carbonyl (C=O) groups excluding carboxylic acids is 2. The molecule has 1 aliphatic heterocycles. The van der Waals surface area contributed by atoms with E-state index in [9.17, 15) is 9.59 Å². The summed E-state index contributed by atoms with van der Waals surface area (Å²) in [5.41, 5.74) is 0.503. The molecule has 1 heterocycles. The van der Waals surface area contributed by atoms with Gasteiger partial charge >= 0.3 is 6.09 Å². The molecule has 2 aliphatic carbocycles. The zero-order valence-electron chi connectivity index (χ0n) is 11.2. The summed E-state index contributed by atoms with van der Waals surface area (Å²) in [7, 11) is 0. The van der Waals surface area contributed by atoms with E-state index in [1.54, 1.807) is 4.90 Å². The van der Waals surface area contributed by atoms with Gasteiger partial charge in [-0.2, -0.15) is 0 Å². The predicted molar refractivity (Wildman–Crippen MR) is 72.1 cm³/mol. The van der Waals surface area contributed by atoms with Crippen molar-refractivity contribution in [3.63, 3.8) is 0 Å². The van der Waals surface area contributed by atoms with Gasteiger partial charge in [-0.15, -0.1) is 0 Å². The smallest absolute Gasteiger partial charge is 0.411 e. The molecule has 1 aromatic carbocycles. The lowest BCUT2D eigenvalue weighted by molar-refractivity contribution is -0.127. The molecule has 3 fully saturated rings. The van der Waals surface area contributed by atoms with Crippen molar-refractivity contribution in [2.75, 3.05) is 6.61 Å². The van der Waals surface area contributed by atoms with Crippen LogP contribution in [0.1, 0.15) is 37.3 Å². The Morgan fingerprint density at radius 3 is 2.75 bits per heavy atom. The fourth-order valence-corrected chi connectivity index (χ4v) is 3.94. The molecule has 3 aliphatic rings. The minimum atomic E-state index is -0.549. The van der Waals surface area contributed by atoms with Gasteiger partial charge in [-0.05, 0) is 30.7 Å². The second-order valence-electron chi connectivity index (χ2n) is 6.01. The maximum Gasteiger partial charge on any atom is 0.411 e. The molecule has 4 rings (SSSR count). The van der Waals surface area contributed by atoms with Crippen molar-refractivity contribution in [1.29, 1.82) is 0 Å². The summed E-state index contributed by atoms with van der Waals surface area (Å²) in [6, 6.07) is 9.76. The van der Waals surface area contributed by atoms with E-state index in [-0.39, 0.29) is 17.9 Å². The van der Waals surface area contributed by atoms with Gasteiger partial charge in [0.05, 0.1) is 6.04 Å². The SMILES string of the molecule is O=C1OC[C@@H](c2ccccc2)N1[C@]12C[C@H]1CCCC2=O. The molecule has 1 saturated heterocycles. The highest BCUT2D eigenvalue weighted by Gasteiger charge is 2.68. The number of hydrogen-bond acceptors (Lipinski definition) is 3. The molecule has 1 aromatic rings. The molecular formula is C16H17NO3. The van der Waals surface area contributed by atoms with Crippen molar-refractivity contribution in [3.8, 4) is 0 Å².